The van der Waals surface area contributed by atoms with Gasteiger partial charge >= 0.3 is 12.1 Å². The van der Waals surface area contributed by atoms with Crippen LogP contribution in [-0.2, 0) is 4.74 Å². The van der Waals surface area contributed by atoms with Crippen molar-refractivity contribution in [2.24, 2.45) is 5.73 Å². The van der Waals surface area contributed by atoms with E-state index in [2.05, 4.69) is 4.74 Å². The number of rotatable bonds is 2. The highest BCUT2D eigenvalue weighted by Crippen LogP contribution is 2.30. The van der Waals surface area contributed by atoms with Crippen LogP contribution in [0.3, 0.4) is 0 Å². The third-order valence-corrected chi connectivity index (χ3v) is 2.02. The second kappa shape index (κ2) is 4.52. The van der Waals surface area contributed by atoms with E-state index in [9.17, 15) is 18.0 Å². The van der Waals surface area contributed by atoms with Crippen LogP contribution in [0.1, 0.15) is 22.0 Å². The molecule has 2 N–H and O–H groups in total. The van der Waals surface area contributed by atoms with E-state index in [1.165, 1.54) is 18.2 Å². The lowest BCUT2D eigenvalue weighted by atomic mass is 10.0. The highest BCUT2D eigenvalue weighted by Gasteiger charge is 2.37. The van der Waals surface area contributed by atoms with Gasteiger partial charge in [0.25, 0.3) is 0 Å². The maximum absolute atomic E-state index is 12.3. The van der Waals surface area contributed by atoms with E-state index in [4.69, 9.17) is 5.73 Å². The normalized spacial score (nSPS) is 13.3. The SMILES string of the molecule is COC(=O)c1cccc([C@H](N)C(F)(F)F)c1. The summed E-state index contributed by atoms with van der Waals surface area (Å²) in [6.45, 7) is 0. The van der Waals surface area contributed by atoms with Crippen LogP contribution >= 0.6 is 0 Å². The van der Waals surface area contributed by atoms with E-state index < -0.39 is 18.2 Å². The third kappa shape index (κ3) is 2.73. The van der Waals surface area contributed by atoms with Crippen molar-refractivity contribution in [1.82, 2.24) is 0 Å². The predicted molar refractivity (Wildman–Crippen MR) is 50.8 cm³/mol. The van der Waals surface area contributed by atoms with Crippen molar-refractivity contribution in [1.29, 1.82) is 0 Å². The standard InChI is InChI=1S/C10H10F3NO2/c1-16-9(15)7-4-2-3-6(5-7)8(14)10(11,12)13/h2-5,8H,14H2,1H3/t8-/m0/s1. The maximum Gasteiger partial charge on any atom is 0.407 e. The smallest absolute Gasteiger partial charge is 0.407 e. The fourth-order valence-electron chi connectivity index (χ4n) is 1.17. The summed E-state index contributed by atoms with van der Waals surface area (Å²) >= 11 is 0. The number of halogens is 3. The molecule has 0 aliphatic heterocycles. The summed E-state index contributed by atoms with van der Waals surface area (Å²) in [6.07, 6.45) is -4.53. The zero-order chi connectivity index (χ0) is 12.3. The van der Waals surface area contributed by atoms with Gasteiger partial charge in [-0.15, -0.1) is 0 Å². The second-order valence-corrected chi connectivity index (χ2v) is 3.14. The zero-order valence-corrected chi connectivity index (χ0v) is 8.41. The molecule has 1 aromatic carbocycles. The van der Waals surface area contributed by atoms with Crippen molar-refractivity contribution in [3.63, 3.8) is 0 Å². The Kier molecular flexibility index (Phi) is 3.54. The average Bonchev–Trinajstić information content (AvgIpc) is 2.26. The molecule has 0 aliphatic rings. The van der Waals surface area contributed by atoms with Crippen LogP contribution < -0.4 is 5.73 Å². The van der Waals surface area contributed by atoms with Gasteiger partial charge in [0.2, 0.25) is 0 Å². The summed E-state index contributed by atoms with van der Waals surface area (Å²) in [7, 11) is 1.15. The summed E-state index contributed by atoms with van der Waals surface area (Å²) in [4.78, 5) is 11.1. The Bertz CT molecular complexity index is 390. The molecule has 0 unspecified atom stereocenters. The Morgan fingerprint density at radius 3 is 2.56 bits per heavy atom. The molecule has 1 aromatic rings. The minimum atomic E-state index is -4.53. The first-order valence-electron chi connectivity index (χ1n) is 4.37. The van der Waals surface area contributed by atoms with Crippen molar-refractivity contribution in [2.45, 2.75) is 12.2 Å². The van der Waals surface area contributed by atoms with Crippen LogP contribution in [0.5, 0.6) is 0 Å². The van der Waals surface area contributed by atoms with Crippen LogP contribution in [0, 0.1) is 0 Å². The molecule has 88 valence electrons. The molecule has 1 atom stereocenters. The van der Waals surface area contributed by atoms with Crippen LogP contribution in [0.2, 0.25) is 0 Å². The van der Waals surface area contributed by atoms with Gasteiger partial charge in [-0.3, -0.25) is 0 Å². The molecule has 0 spiro atoms. The molecule has 6 heteroatoms. The molecule has 0 bridgehead atoms. The first-order chi connectivity index (χ1) is 7.36. The predicted octanol–water partition coefficient (Wildman–Crippen LogP) is 2.04. The largest absolute Gasteiger partial charge is 0.465 e. The first kappa shape index (κ1) is 12.5. The highest BCUT2D eigenvalue weighted by molar-refractivity contribution is 5.89. The zero-order valence-electron chi connectivity index (χ0n) is 8.41. The van der Waals surface area contributed by atoms with Crippen molar-refractivity contribution < 1.29 is 22.7 Å². The second-order valence-electron chi connectivity index (χ2n) is 3.14. The van der Waals surface area contributed by atoms with Gasteiger partial charge in [-0.05, 0) is 17.7 Å². The molecule has 3 nitrogen and oxygen atoms in total. The molecule has 0 aromatic heterocycles. The lowest BCUT2D eigenvalue weighted by molar-refractivity contribution is -0.149. The quantitative estimate of drug-likeness (QED) is 0.795. The van der Waals surface area contributed by atoms with Crippen LogP contribution in [-0.4, -0.2) is 19.3 Å². The van der Waals surface area contributed by atoms with Gasteiger partial charge in [0.05, 0.1) is 12.7 Å². The maximum atomic E-state index is 12.3. The number of carbonyl (C=O) groups is 1. The van der Waals surface area contributed by atoms with Gasteiger partial charge in [0.1, 0.15) is 6.04 Å². The van der Waals surface area contributed by atoms with Gasteiger partial charge in [0.15, 0.2) is 0 Å². The van der Waals surface area contributed by atoms with Gasteiger partial charge < -0.3 is 10.5 Å². The lowest BCUT2D eigenvalue weighted by Gasteiger charge is -2.16. The lowest BCUT2D eigenvalue weighted by Crippen LogP contribution is -2.28. The average molecular weight is 233 g/mol. The van der Waals surface area contributed by atoms with E-state index in [0.29, 0.717) is 0 Å². The number of hydrogen-bond donors (Lipinski definition) is 1. The summed E-state index contributed by atoms with van der Waals surface area (Å²) in [6, 6.07) is 2.87. The Hall–Kier alpha value is -1.56. The van der Waals surface area contributed by atoms with Crippen LogP contribution in [0.4, 0.5) is 13.2 Å². The number of benzene rings is 1. The summed E-state index contributed by atoms with van der Waals surface area (Å²) < 4.78 is 41.3. The Labute approximate surface area is 90.0 Å². The number of carbonyl (C=O) groups excluding carboxylic acids is 1. The van der Waals surface area contributed by atoms with Crippen molar-refractivity contribution in [3.8, 4) is 0 Å². The fraction of sp³-hybridized carbons (Fsp3) is 0.300. The van der Waals surface area contributed by atoms with E-state index >= 15 is 0 Å². The molecule has 0 saturated heterocycles. The molecule has 1 rings (SSSR count). The summed E-state index contributed by atoms with van der Waals surface area (Å²) in [5.41, 5.74) is 4.88. The molecule has 0 radical (unpaired) electrons. The van der Waals surface area contributed by atoms with Crippen molar-refractivity contribution in [3.05, 3.63) is 35.4 Å². The highest BCUT2D eigenvalue weighted by atomic mass is 19.4. The minimum absolute atomic E-state index is 0.0414. The number of ether oxygens (including phenoxy) is 1. The van der Waals surface area contributed by atoms with Gasteiger partial charge in [-0.2, -0.15) is 13.2 Å². The molecule has 0 amide bonds. The fourth-order valence-corrected chi connectivity index (χ4v) is 1.17. The van der Waals surface area contributed by atoms with E-state index in [0.717, 1.165) is 13.2 Å². The topological polar surface area (TPSA) is 52.3 Å². The number of esters is 1. The summed E-state index contributed by atoms with van der Waals surface area (Å²) in [5, 5.41) is 0. The van der Waals surface area contributed by atoms with E-state index in [1.54, 1.807) is 0 Å². The number of hydrogen-bond acceptors (Lipinski definition) is 3. The van der Waals surface area contributed by atoms with Gasteiger partial charge in [0, 0.05) is 0 Å². The Morgan fingerprint density at radius 2 is 2.06 bits per heavy atom. The molecule has 0 fully saturated rings. The molecule has 0 aliphatic carbocycles. The molecule has 0 heterocycles. The molecule has 0 saturated carbocycles. The van der Waals surface area contributed by atoms with Gasteiger partial charge in [-0.25, -0.2) is 4.79 Å². The van der Waals surface area contributed by atoms with Crippen LogP contribution in [0.15, 0.2) is 24.3 Å². The van der Waals surface area contributed by atoms with Crippen molar-refractivity contribution >= 4 is 5.97 Å². The summed E-state index contributed by atoms with van der Waals surface area (Å²) in [5.74, 6) is -0.698. The molecular weight excluding hydrogens is 223 g/mol. The third-order valence-electron chi connectivity index (χ3n) is 2.02. The Morgan fingerprint density at radius 1 is 1.44 bits per heavy atom. The Balaban J connectivity index is 3.03. The molecule has 16 heavy (non-hydrogen) atoms. The number of methoxy groups -OCH3 is 1. The first-order valence-corrected chi connectivity index (χ1v) is 4.37. The van der Waals surface area contributed by atoms with E-state index in [1.807, 2.05) is 0 Å². The van der Waals surface area contributed by atoms with E-state index in [-0.39, 0.29) is 11.1 Å². The van der Waals surface area contributed by atoms with Crippen molar-refractivity contribution in [2.75, 3.05) is 7.11 Å². The minimum Gasteiger partial charge on any atom is -0.465 e. The number of alkyl halides is 3. The van der Waals surface area contributed by atoms with Gasteiger partial charge in [-0.1, -0.05) is 12.1 Å². The molecular formula is C10H10F3NO2. The monoisotopic (exact) mass is 233 g/mol. The van der Waals surface area contributed by atoms with Crippen LogP contribution in [0.25, 0.3) is 0 Å². The number of nitrogens with two attached hydrogens (primary N) is 1.